The third-order valence-electron chi connectivity index (χ3n) is 2.82. The SMILES string of the molecule is CC1(C)O[C@H]2O[C@@H]([C@@H](CO)N=[N+]=[N-])[C@H](O)[C@H]2O1. The summed E-state index contributed by atoms with van der Waals surface area (Å²) in [6.07, 6.45) is -3.14. The van der Waals surface area contributed by atoms with Crippen molar-refractivity contribution in [1.82, 2.24) is 0 Å². The maximum Gasteiger partial charge on any atom is 0.190 e. The molecule has 2 N–H and O–H groups in total. The topological polar surface area (TPSA) is 117 Å². The van der Waals surface area contributed by atoms with Crippen LogP contribution in [0.15, 0.2) is 5.11 Å². The average molecular weight is 245 g/mol. The van der Waals surface area contributed by atoms with E-state index < -0.39 is 43.0 Å². The van der Waals surface area contributed by atoms with Gasteiger partial charge >= 0.3 is 0 Å². The van der Waals surface area contributed by atoms with E-state index in [9.17, 15) is 5.11 Å². The van der Waals surface area contributed by atoms with Crippen molar-refractivity contribution in [2.45, 2.75) is 50.3 Å². The lowest BCUT2D eigenvalue weighted by Crippen LogP contribution is -2.41. The lowest BCUT2D eigenvalue weighted by Gasteiger charge is -2.25. The normalized spacial score (nSPS) is 40.7. The monoisotopic (exact) mass is 245 g/mol. The van der Waals surface area contributed by atoms with Crippen LogP contribution in [0.2, 0.25) is 0 Å². The van der Waals surface area contributed by atoms with E-state index in [0.29, 0.717) is 0 Å². The van der Waals surface area contributed by atoms with Gasteiger partial charge in [-0.3, -0.25) is 0 Å². The molecule has 0 unspecified atom stereocenters. The maximum atomic E-state index is 10.00. The van der Waals surface area contributed by atoms with Crippen LogP contribution >= 0.6 is 0 Å². The molecule has 0 aliphatic carbocycles. The van der Waals surface area contributed by atoms with Crippen molar-refractivity contribution in [3.63, 3.8) is 0 Å². The molecule has 2 heterocycles. The molecule has 0 spiro atoms. The molecule has 0 bridgehead atoms. The highest BCUT2D eigenvalue weighted by Crippen LogP contribution is 2.38. The molecule has 5 atom stereocenters. The standard InChI is InChI=1S/C9H15N3O5/c1-9(2)16-7-5(14)6(15-8(7)17-9)4(3-13)11-12-10/h4-8,13-14H,3H2,1-2H3/t4-,5+,6+,7-,8-/m1/s1. The van der Waals surface area contributed by atoms with E-state index in [2.05, 4.69) is 10.0 Å². The van der Waals surface area contributed by atoms with Crippen molar-refractivity contribution < 1.29 is 24.4 Å². The molecular weight excluding hydrogens is 230 g/mol. The Morgan fingerprint density at radius 3 is 2.71 bits per heavy atom. The minimum Gasteiger partial charge on any atom is -0.396 e. The number of fused-ring (bicyclic) bond motifs is 1. The number of ether oxygens (including phenoxy) is 3. The molecule has 2 aliphatic rings. The number of hydrogen-bond acceptors (Lipinski definition) is 6. The Hall–Kier alpha value is -0.890. The third kappa shape index (κ3) is 2.23. The first-order valence-electron chi connectivity index (χ1n) is 5.33. The second-order valence-electron chi connectivity index (χ2n) is 4.51. The largest absolute Gasteiger partial charge is 0.396 e. The Labute approximate surface area is 97.7 Å². The first-order chi connectivity index (χ1) is 7.98. The minimum atomic E-state index is -0.996. The van der Waals surface area contributed by atoms with Crippen LogP contribution in [0.5, 0.6) is 0 Å². The predicted octanol–water partition coefficient (Wildman–Crippen LogP) is -0.105. The Morgan fingerprint density at radius 1 is 1.47 bits per heavy atom. The van der Waals surface area contributed by atoms with Crippen molar-refractivity contribution in [2.75, 3.05) is 6.61 Å². The van der Waals surface area contributed by atoms with Crippen LogP contribution in [-0.2, 0) is 14.2 Å². The van der Waals surface area contributed by atoms with Gasteiger partial charge in [0.2, 0.25) is 0 Å². The Bertz CT molecular complexity index is 344. The fourth-order valence-corrected chi connectivity index (χ4v) is 2.11. The lowest BCUT2D eigenvalue weighted by molar-refractivity contribution is -0.217. The van der Waals surface area contributed by atoms with Gasteiger partial charge in [-0.15, -0.1) is 0 Å². The molecule has 0 amide bonds. The second kappa shape index (κ2) is 4.41. The molecule has 0 saturated carbocycles. The predicted molar refractivity (Wildman–Crippen MR) is 54.7 cm³/mol. The molecule has 2 fully saturated rings. The van der Waals surface area contributed by atoms with Crippen LogP contribution in [0.1, 0.15) is 13.8 Å². The van der Waals surface area contributed by atoms with Crippen molar-refractivity contribution in [1.29, 1.82) is 0 Å². The van der Waals surface area contributed by atoms with Crippen LogP contribution in [0.4, 0.5) is 0 Å². The molecule has 0 radical (unpaired) electrons. The summed E-state index contributed by atoms with van der Waals surface area (Å²) >= 11 is 0. The van der Waals surface area contributed by atoms with Gasteiger partial charge in [0.25, 0.3) is 0 Å². The molecule has 8 heteroatoms. The summed E-state index contributed by atoms with van der Waals surface area (Å²) in [5, 5.41) is 22.4. The van der Waals surface area contributed by atoms with Gasteiger partial charge in [-0.25, -0.2) is 0 Å². The van der Waals surface area contributed by atoms with Crippen LogP contribution < -0.4 is 0 Å². The zero-order valence-electron chi connectivity index (χ0n) is 9.55. The smallest absolute Gasteiger partial charge is 0.190 e. The van der Waals surface area contributed by atoms with Gasteiger partial charge in [0.15, 0.2) is 12.1 Å². The molecule has 2 saturated heterocycles. The molecule has 17 heavy (non-hydrogen) atoms. The molecule has 0 aromatic rings. The van der Waals surface area contributed by atoms with Crippen molar-refractivity contribution in [3.05, 3.63) is 10.4 Å². The molecule has 2 aliphatic heterocycles. The first-order valence-corrected chi connectivity index (χ1v) is 5.33. The zero-order valence-corrected chi connectivity index (χ0v) is 9.55. The fourth-order valence-electron chi connectivity index (χ4n) is 2.11. The summed E-state index contributed by atoms with van der Waals surface area (Å²) in [5.41, 5.74) is 8.35. The number of rotatable bonds is 3. The highest BCUT2D eigenvalue weighted by atomic mass is 16.8. The van der Waals surface area contributed by atoms with Gasteiger partial charge in [0, 0.05) is 4.91 Å². The van der Waals surface area contributed by atoms with Crippen LogP contribution in [0, 0.1) is 0 Å². The molecule has 8 nitrogen and oxygen atoms in total. The van der Waals surface area contributed by atoms with E-state index in [1.807, 2.05) is 0 Å². The second-order valence-corrected chi connectivity index (χ2v) is 4.51. The number of nitrogens with zero attached hydrogens (tertiary/aromatic N) is 3. The fraction of sp³-hybridized carbons (Fsp3) is 1.00. The van der Waals surface area contributed by atoms with Gasteiger partial charge in [0.05, 0.1) is 12.6 Å². The zero-order chi connectivity index (χ0) is 12.6. The van der Waals surface area contributed by atoms with Gasteiger partial charge in [0.1, 0.15) is 18.3 Å². The number of aliphatic hydroxyl groups excluding tert-OH is 2. The quantitative estimate of drug-likeness (QED) is 0.409. The van der Waals surface area contributed by atoms with Crippen LogP contribution in [0.3, 0.4) is 0 Å². The lowest BCUT2D eigenvalue weighted by atomic mass is 10.1. The summed E-state index contributed by atoms with van der Waals surface area (Å²) in [5.74, 6) is -0.811. The van der Waals surface area contributed by atoms with Crippen LogP contribution in [-0.4, -0.2) is 53.3 Å². The summed E-state index contributed by atoms with van der Waals surface area (Å²) in [4.78, 5) is 2.60. The highest BCUT2D eigenvalue weighted by molar-refractivity contribution is 4.97. The van der Waals surface area contributed by atoms with Crippen LogP contribution in [0.25, 0.3) is 10.4 Å². The van der Waals surface area contributed by atoms with Crippen molar-refractivity contribution in [3.8, 4) is 0 Å². The average Bonchev–Trinajstić information content (AvgIpc) is 2.70. The van der Waals surface area contributed by atoms with E-state index in [4.69, 9.17) is 24.8 Å². The summed E-state index contributed by atoms with van der Waals surface area (Å²) in [6.45, 7) is 3.02. The summed E-state index contributed by atoms with van der Waals surface area (Å²) < 4.78 is 16.3. The molecule has 2 rings (SSSR count). The number of aliphatic hydroxyl groups is 2. The maximum absolute atomic E-state index is 10.00. The van der Waals surface area contributed by atoms with Crippen molar-refractivity contribution in [2.24, 2.45) is 5.11 Å². The molecular formula is C9H15N3O5. The van der Waals surface area contributed by atoms with Gasteiger partial charge < -0.3 is 24.4 Å². The minimum absolute atomic E-state index is 0.408. The Kier molecular flexibility index (Phi) is 3.26. The van der Waals surface area contributed by atoms with E-state index >= 15 is 0 Å². The number of hydrogen-bond donors (Lipinski definition) is 2. The van der Waals surface area contributed by atoms with E-state index in [0.717, 1.165) is 0 Å². The molecule has 96 valence electrons. The summed E-state index contributed by atoms with van der Waals surface area (Å²) in [6, 6.07) is -0.851. The third-order valence-corrected chi connectivity index (χ3v) is 2.82. The Balaban J connectivity index is 2.09. The van der Waals surface area contributed by atoms with E-state index in [-0.39, 0.29) is 0 Å². The van der Waals surface area contributed by atoms with E-state index in [1.54, 1.807) is 13.8 Å². The van der Waals surface area contributed by atoms with Gasteiger partial charge in [-0.1, -0.05) is 5.11 Å². The van der Waals surface area contributed by atoms with Crippen molar-refractivity contribution >= 4 is 0 Å². The Morgan fingerprint density at radius 2 is 2.18 bits per heavy atom. The molecule has 0 aromatic heterocycles. The molecule has 0 aromatic carbocycles. The first kappa shape index (κ1) is 12.6. The number of azide groups is 1. The van der Waals surface area contributed by atoms with Gasteiger partial charge in [-0.2, -0.15) is 0 Å². The van der Waals surface area contributed by atoms with E-state index in [1.165, 1.54) is 0 Å². The summed E-state index contributed by atoms with van der Waals surface area (Å²) in [7, 11) is 0. The highest BCUT2D eigenvalue weighted by Gasteiger charge is 2.55. The van der Waals surface area contributed by atoms with Gasteiger partial charge in [-0.05, 0) is 19.4 Å².